The monoisotopic (exact) mass is 401 g/mol. The SMILES string of the molecule is COc1ccc(CNC(=O)[C@H](C)OC(=O)CCc2cc(OC)cc(OC)c2)cc1. The van der Waals surface area contributed by atoms with Crippen molar-refractivity contribution in [2.24, 2.45) is 0 Å². The van der Waals surface area contributed by atoms with E-state index in [0.717, 1.165) is 16.9 Å². The normalized spacial score (nSPS) is 11.3. The Hall–Kier alpha value is -3.22. The van der Waals surface area contributed by atoms with Gasteiger partial charge in [0.15, 0.2) is 6.10 Å². The summed E-state index contributed by atoms with van der Waals surface area (Å²) in [6.45, 7) is 1.89. The van der Waals surface area contributed by atoms with Crippen LogP contribution in [0, 0.1) is 0 Å². The third-order valence-corrected chi connectivity index (χ3v) is 4.33. The van der Waals surface area contributed by atoms with Gasteiger partial charge in [-0.05, 0) is 48.7 Å². The minimum atomic E-state index is -0.874. The number of hydrogen-bond donors (Lipinski definition) is 1. The standard InChI is InChI=1S/C22H27NO6/c1-15(22(25)23-14-16-5-8-18(26-2)9-6-16)29-21(24)10-7-17-11-19(27-3)13-20(12-17)28-4/h5-6,8-9,11-13,15H,7,10,14H2,1-4H3,(H,23,25)/t15-/m0/s1. The highest BCUT2D eigenvalue weighted by molar-refractivity contribution is 5.83. The molecule has 1 N–H and O–H groups in total. The number of aryl methyl sites for hydroxylation is 1. The summed E-state index contributed by atoms with van der Waals surface area (Å²) >= 11 is 0. The van der Waals surface area contributed by atoms with Crippen molar-refractivity contribution in [1.29, 1.82) is 0 Å². The first kappa shape index (κ1) is 22.1. The molecular weight excluding hydrogens is 374 g/mol. The average Bonchev–Trinajstić information content (AvgIpc) is 2.75. The zero-order valence-corrected chi connectivity index (χ0v) is 17.2. The number of benzene rings is 2. The summed E-state index contributed by atoms with van der Waals surface area (Å²) in [6, 6.07) is 12.8. The smallest absolute Gasteiger partial charge is 0.306 e. The highest BCUT2D eigenvalue weighted by atomic mass is 16.5. The second-order valence-electron chi connectivity index (χ2n) is 6.42. The van der Waals surface area contributed by atoms with Crippen molar-refractivity contribution >= 4 is 11.9 Å². The Bertz CT molecular complexity index is 796. The summed E-state index contributed by atoms with van der Waals surface area (Å²) in [5.74, 6) is 1.25. The van der Waals surface area contributed by atoms with Gasteiger partial charge >= 0.3 is 5.97 Å². The summed E-state index contributed by atoms with van der Waals surface area (Å²) in [6.07, 6.45) is -0.278. The lowest BCUT2D eigenvalue weighted by Gasteiger charge is -2.14. The van der Waals surface area contributed by atoms with Crippen molar-refractivity contribution in [3.05, 3.63) is 53.6 Å². The Morgan fingerprint density at radius 1 is 0.862 bits per heavy atom. The van der Waals surface area contributed by atoms with Crippen LogP contribution in [0.1, 0.15) is 24.5 Å². The molecule has 2 aromatic rings. The van der Waals surface area contributed by atoms with Gasteiger partial charge in [0, 0.05) is 19.0 Å². The molecule has 7 nitrogen and oxygen atoms in total. The van der Waals surface area contributed by atoms with Crippen molar-refractivity contribution in [3.63, 3.8) is 0 Å². The van der Waals surface area contributed by atoms with Gasteiger partial charge in [-0.2, -0.15) is 0 Å². The van der Waals surface area contributed by atoms with Gasteiger partial charge in [0.05, 0.1) is 21.3 Å². The second kappa shape index (κ2) is 10.9. The van der Waals surface area contributed by atoms with Crippen LogP contribution < -0.4 is 19.5 Å². The lowest BCUT2D eigenvalue weighted by molar-refractivity contribution is -0.154. The largest absolute Gasteiger partial charge is 0.497 e. The summed E-state index contributed by atoms with van der Waals surface area (Å²) in [5, 5.41) is 2.76. The van der Waals surface area contributed by atoms with Gasteiger partial charge in [0.25, 0.3) is 5.91 Å². The molecule has 0 aliphatic heterocycles. The van der Waals surface area contributed by atoms with Crippen molar-refractivity contribution < 1.29 is 28.5 Å². The number of nitrogens with one attached hydrogen (secondary N) is 1. The molecule has 2 aromatic carbocycles. The van der Waals surface area contributed by atoms with Gasteiger partial charge in [-0.3, -0.25) is 9.59 Å². The molecule has 0 saturated carbocycles. The maximum absolute atomic E-state index is 12.2. The fourth-order valence-electron chi connectivity index (χ4n) is 2.64. The molecule has 1 amide bonds. The van der Waals surface area contributed by atoms with E-state index in [0.29, 0.717) is 24.5 Å². The van der Waals surface area contributed by atoms with Crippen LogP contribution in [0.2, 0.25) is 0 Å². The zero-order valence-electron chi connectivity index (χ0n) is 17.2. The topological polar surface area (TPSA) is 83.1 Å². The van der Waals surface area contributed by atoms with Crippen molar-refractivity contribution in [2.45, 2.75) is 32.4 Å². The van der Waals surface area contributed by atoms with Crippen molar-refractivity contribution in [1.82, 2.24) is 5.32 Å². The fraction of sp³-hybridized carbons (Fsp3) is 0.364. The first-order valence-electron chi connectivity index (χ1n) is 9.27. The number of carbonyl (C=O) groups excluding carboxylic acids is 2. The van der Waals surface area contributed by atoms with E-state index in [2.05, 4.69) is 5.32 Å². The third-order valence-electron chi connectivity index (χ3n) is 4.33. The summed E-state index contributed by atoms with van der Waals surface area (Å²) in [4.78, 5) is 24.3. The lowest BCUT2D eigenvalue weighted by atomic mass is 10.1. The Kier molecular flexibility index (Phi) is 8.33. The average molecular weight is 401 g/mol. The molecular formula is C22H27NO6. The Morgan fingerprint density at radius 3 is 2.00 bits per heavy atom. The van der Waals surface area contributed by atoms with E-state index in [9.17, 15) is 9.59 Å². The summed E-state index contributed by atoms with van der Waals surface area (Å²) in [5.41, 5.74) is 1.81. The fourth-order valence-corrected chi connectivity index (χ4v) is 2.64. The molecule has 1 atom stereocenters. The number of methoxy groups -OCH3 is 3. The highest BCUT2D eigenvalue weighted by Crippen LogP contribution is 2.23. The minimum Gasteiger partial charge on any atom is -0.497 e. The maximum atomic E-state index is 12.2. The van der Waals surface area contributed by atoms with Crippen LogP contribution in [-0.2, 0) is 27.3 Å². The minimum absolute atomic E-state index is 0.145. The van der Waals surface area contributed by atoms with Gasteiger partial charge in [0.1, 0.15) is 17.2 Å². The van der Waals surface area contributed by atoms with E-state index < -0.39 is 12.1 Å². The van der Waals surface area contributed by atoms with Crippen molar-refractivity contribution in [2.75, 3.05) is 21.3 Å². The molecule has 2 rings (SSSR count). The lowest BCUT2D eigenvalue weighted by Crippen LogP contribution is -2.35. The van der Waals surface area contributed by atoms with Gasteiger partial charge in [-0.25, -0.2) is 0 Å². The Labute approximate surface area is 170 Å². The second-order valence-corrected chi connectivity index (χ2v) is 6.42. The molecule has 0 aliphatic carbocycles. The first-order valence-corrected chi connectivity index (χ1v) is 9.27. The van der Waals surface area contributed by atoms with E-state index in [1.807, 2.05) is 36.4 Å². The Morgan fingerprint density at radius 2 is 1.45 bits per heavy atom. The van der Waals surface area contributed by atoms with Crippen LogP contribution in [0.4, 0.5) is 0 Å². The molecule has 156 valence electrons. The van der Waals surface area contributed by atoms with Crippen LogP contribution in [-0.4, -0.2) is 39.3 Å². The molecule has 0 fully saturated rings. The van der Waals surface area contributed by atoms with Crippen LogP contribution in [0.5, 0.6) is 17.2 Å². The zero-order chi connectivity index (χ0) is 21.2. The predicted octanol–water partition coefficient (Wildman–Crippen LogP) is 2.89. The molecule has 0 radical (unpaired) electrons. The molecule has 0 aromatic heterocycles. The Balaban J connectivity index is 1.79. The number of rotatable bonds is 10. The summed E-state index contributed by atoms with van der Waals surface area (Å²) in [7, 11) is 4.73. The molecule has 0 unspecified atom stereocenters. The number of ether oxygens (including phenoxy) is 4. The van der Waals surface area contributed by atoms with Gasteiger partial charge in [-0.15, -0.1) is 0 Å². The summed E-state index contributed by atoms with van der Waals surface area (Å²) < 4.78 is 20.8. The van der Waals surface area contributed by atoms with Crippen molar-refractivity contribution in [3.8, 4) is 17.2 Å². The quantitative estimate of drug-likeness (QED) is 0.617. The van der Waals surface area contributed by atoms with E-state index >= 15 is 0 Å². The predicted molar refractivity (Wildman–Crippen MR) is 108 cm³/mol. The van der Waals surface area contributed by atoms with E-state index in [1.54, 1.807) is 34.3 Å². The molecule has 29 heavy (non-hydrogen) atoms. The molecule has 0 bridgehead atoms. The number of carbonyl (C=O) groups is 2. The number of hydrogen-bond acceptors (Lipinski definition) is 6. The molecule has 0 saturated heterocycles. The van der Waals surface area contributed by atoms with Gasteiger partial charge in [0.2, 0.25) is 0 Å². The first-order chi connectivity index (χ1) is 13.9. The number of amides is 1. The maximum Gasteiger partial charge on any atom is 0.306 e. The number of esters is 1. The van der Waals surface area contributed by atoms with Crippen LogP contribution in [0.3, 0.4) is 0 Å². The third kappa shape index (κ3) is 7.03. The van der Waals surface area contributed by atoms with E-state index in [-0.39, 0.29) is 12.3 Å². The van der Waals surface area contributed by atoms with Crippen LogP contribution in [0.15, 0.2) is 42.5 Å². The van der Waals surface area contributed by atoms with E-state index in [1.165, 1.54) is 0 Å². The highest BCUT2D eigenvalue weighted by Gasteiger charge is 2.17. The van der Waals surface area contributed by atoms with Crippen LogP contribution >= 0.6 is 0 Å². The molecule has 0 spiro atoms. The van der Waals surface area contributed by atoms with E-state index in [4.69, 9.17) is 18.9 Å². The van der Waals surface area contributed by atoms with Gasteiger partial charge < -0.3 is 24.3 Å². The molecule has 0 heterocycles. The van der Waals surface area contributed by atoms with Crippen LogP contribution in [0.25, 0.3) is 0 Å². The molecule has 0 aliphatic rings. The molecule has 7 heteroatoms. The van der Waals surface area contributed by atoms with Gasteiger partial charge in [-0.1, -0.05) is 12.1 Å².